The monoisotopic (exact) mass is 523 g/mol. The van der Waals surface area contributed by atoms with E-state index in [-0.39, 0.29) is 29.7 Å². The van der Waals surface area contributed by atoms with E-state index in [9.17, 15) is 19.2 Å². The number of nitrogens with zero attached hydrogens (tertiary/aromatic N) is 3. The first-order valence-electron chi connectivity index (χ1n) is 11.4. The third kappa shape index (κ3) is 4.95. The van der Waals surface area contributed by atoms with E-state index in [0.29, 0.717) is 36.9 Å². The van der Waals surface area contributed by atoms with Crippen molar-refractivity contribution in [3.8, 4) is 0 Å². The minimum Gasteiger partial charge on any atom is -0.378 e. The zero-order chi connectivity index (χ0) is 25.2. The molecule has 2 aliphatic heterocycles. The van der Waals surface area contributed by atoms with Gasteiger partial charge in [-0.2, -0.15) is 0 Å². The summed E-state index contributed by atoms with van der Waals surface area (Å²) < 4.78 is 7.18. The maximum atomic E-state index is 13.0. The topological polar surface area (TPSA) is 88.9 Å². The second-order valence-corrected chi connectivity index (χ2v) is 9.85. The summed E-state index contributed by atoms with van der Waals surface area (Å²) in [4.78, 5) is 54.0. The lowest BCUT2D eigenvalue weighted by Gasteiger charge is -2.27. The van der Waals surface area contributed by atoms with Gasteiger partial charge >= 0.3 is 0 Å². The summed E-state index contributed by atoms with van der Waals surface area (Å²) in [7, 11) is 0. The van der Waals surface area contributed by atoms with Crippen LogP contribution in [0.1, 0.15) is 15.9 Å². The summed E-state index contributed by atoms with van der Waals surface area (Å²) in [5, 5.41) is 0.850. The summed E-state index contributed by atoms with van der Waals surface area (Å²) in [6, 6.07) is 13.9. The van der Waals surface area contributed by atoms with E-state index in [1.54, 1.807) is 35.2 Å². The molecule has 0 bridgehead atoms. The number of hydrogen-bond donors (Lipinski definition) is 0. The summed E-state index contributed by atoms with van der Waals surface area (Å²) in [5.41, 5.74) is 1.94. The van der Waals surface area contributed by atoms with E-state index in [4.69, 9.17) is 16.3 Å². The van der Waals surface area contributed by atoms with Crippen LogP contribution in [0.15, 0.2) is 59.6 Å². The van der Waals surface area contributed by atoms with Gasteiger partial charge in [0.2, 0.25) is 5.91 Å². The molecular formula is C26H22ClN3O5S. The van der Waals surface area contributed by atoms with Crippen LogP contribution in [-0.4, -0.2) is 70.1 Å². The number of morpholine rings is 1. The predicted octanol–water partition coefficient (Wildman–Crippen LogP) is 4.07. The number of fused-ring (bicyclic) bond motifs is 1. The Balaban J connectivity index is 1.37. The predicted molar refractivity (Wildman–Crippen MR) is 138 cm³/mol. The molecule has 3 aromatic rings. The summed E-state index contributed by atoms with van der Waals surface area (Å²) in [5.74, 6) is -0.881. The zero-order valence-corrected chi connectivity index (χ0v) is 20.8. The summed E-state index contributed by atoms with van der Waals surface area (Å²) in [6.45, 7) is 1.99. The van der Waals surface area contributed by atoms with Crippen LogP contribution in [0.2, 0.25) is 5.02 Å². The third-order valence-electron chi connectivity index (χ3n) is 6.12. The first-order chi connectivity index (χ1) is 17.4. The highest BCUT2D eigenvalue weighted by atomic mass is 35.5. The van der Waals surface area contributed by atoms with Gasteiger partial charge in [0.05, 0.1) is 24.7 Å². The number of halogens is 1. The molecule has 0 saturated carbocycles. The van der Waals surface area contributed by atoms with Gasteiger partial charge in [-0.25, -0.2) is 0 Å². The Morgan fingerprint density at radius 2 is 1.72 bits per heavy atom. The highest BCUT2D eigenvalue weighted by Gasteiger charge is 2.36. The highest BCUT2D eigenvalue weighted by molar-refractivity contribution is 8.18. The number of rotatable bonds is 6. The molecule has 0 N–H and O–H groups in total. The minimum atomic E-state index is -0.520. The lowest BCUT2D eigenvalue weighted by Crippen LogP contribution is -2.42. The van der Waals surface area contributed by atoms with Gasteiger partial charge in [0.25, 0.3) is 11.1 Å². The van der Waals surface area contributed by atoms with Crippen LogP contribution in [0, 0.1) is 0 Å². The first kappa shape index (κ1) is 24.3. The number of amides is 3. The molecule has 2 aliphatic rings. The Morgan fingerprint density at radius 1 is 1.00 bits per heavy atom. The van der Waals surface area contributed by atoms with Crippen LogP contribution < -0.4 is 0 Å². The van der Waals surface area contributed by atoms with Crippen LogP contribution in [0.5, 0.6) is 0 Å². The van der Waals surface area contributed by atoms with Crippen molar-refractivity contribution in [1.29, 1.82) is 0 Å². The van der Waals surface area contributed by atoms with E-state index in [2.05, 4.69) is 0 Å². The molecule has 3 heterocycles. The molecule has 2 saturated heterocycles. The molecule has 0 spiro atoms. The number of para-hydroxylation sites is 1. The number of hydrogen-bond acceptors (Lipinski definition) is 6. The molecule has 8 nitrogen and oxygen atoms in total. The van der Waals surface area contributed by atoms with Crippen molar-refractivity contribution in [2.45, 2.75) is 6.54 Å². The van der Waals surface area contributed by atoms with E-state index in [1.807, 2.05) is 35.0 Å². The van der Waals surface area contributed by atoms with Crippen molar-refractivity contribution in [2.24, 2.45) is 0 Å². The second kappa shape index (κ2) is 10.3. The Kier molecular flexibility index (Phi) is 6.95. The van der Waals surface area contributed by atoms with Gasteiger partial charge in [-0.05, 0) is 48.2 Å². The number of ketones is 1. The van der Waals surface area contributed by atoms with Crippen molar-refractivity contribution in [2.75, 3.05) is 32.8 Å². The van der Waals surface area contributed by atoms with Crippen LogP contribution in [0.3, 0.4) is 0 Å². The first-order valence-corrected chi connectivity index (χ1v) is 12.6. The van der Waals surface area contributed by atoms with Crippen molar-refractivity contribution < 1.29 is 23.9 Å². The molecular weight excluding hydrogens is 502 g/mol. The van der Waals surface area contributed by atoms with Crippen LogP contribution in [0.4, 0.5) is 4.79 Å². The van der Waals surface area contributed by atoms with Crippen molar-refractivity contribution >= 4 is 63.2 Å². The molecule has 5 rings (SSSR count). The Bertz CT molecular complexity index is 1390. The third-order valence-corrected chi connectivity index (χ3v) is 7.28. The normalized spacial score (nSPS) is 17.4. The van der Waals surface area contributed by atoms with E-state index in [0.717, 1.165) is 33.1 Å². The largest absolute Gasteiger partial charge is 0.378 e. The second-order valence-electron chi connectivity index (χ2n) is 8.42. The molecule has 3 amide bonds. The molecule has 10 heteroatoms. The van der Waals surface area contributed by atoms with Gasteiger partial charge in [0.1, 0.15) is 6.54 Å². The zero-order valence-electron chi connectivity index (χ0n) is 19.2. The van der Waals surface area contributed by atoms with Crippen molar-refractivity contribution in [3.63, 3.8) is 0 Å². The molecule has 36 heavy (non-hydrogen) atoms. The Labute approximate surface area is 216 Å². The number of benzene rings is 2. The molecule has 2 fully saturated rings. The van der Waals surface area contributed by atoms with E-state index in [1.165, 1.54) is 0 Å². The Hall–Kier alpha value is -3.40. The molecule has 2 aromatic carbocycles. The fourth-order valence-corrected chi connectivity index (χ4v) is 5.18. The van der Waals surface area contributed by atoms with Crippen LogP contribution in [0.25, 0.3) is 17.0 Å². The molecule has 0 unspecified atom stereocenters. The summed E-state index contributed by atoms with van der Waals surface area (Å²) >= 11 is 6.67. The molecule has 0 aliphatic carbocycles. The van der Waals surface area contributed by atoms with Gasteiger partial charge in [0.15, 0.2) is 5.78 Å². The van der Waals surface area contributed by atoms with Gasteiger partial charge in [0, 0.05) is 46.3 Å². The number of Topliss-reactive ketones (excluding diaryl/α,β-unsaturated/α-hetero) is 1. The average Bonchev–Trinajstić information content (AvgIpc) is 3.36. The number of thioether (sulfide) groups is 1. The number of ether oxygens (including phenoxy) is 1. The number of aromatic nitrogens is 1. The number of carbonyl (C=O) groups excluding carboxylic acids is 4. The van der Waals surface area contributed by atoms with Crippen LogP contribution in [-0.2, 0) is 20.9 Å². The van der Waals surface area contributed by atoms with Crippen molar-refractivity contribution in [3.05, 3.63) is 75.8 Å². The molecule has 184 valence electrons. The maximum Gasteiger partial charge on any atom is 0.293 e. The average molecular weight is 524 g/mol. The molecule has 0 radical (unpaired) electrons. The lowest BCUT2D eigenvalue weighted by molar-refractivity contribution is -0.135. The molecule has 0 atom stereocenters. The van der Waals surface area contributed by atoms with Gasteiger partial charge in [-0.15, -0.1) is 0 Å². The molecule has 1 aromatic heterocycles. The lowest BCUT2D eigenvalue weighted by atomic mass is 10.1. The minimum absolute atomic E-state index is 0.00774. The smallest absolute Gasteiger partial charge is 0.293 e. The number of carbonyl (C=O) groups is 4. The maximum absolute atomic E-state index is 13.0. The Morgan fingerprint density at radius 3 is 2.47 bits per heavy atom. The van der Waals surface area contributed by atoms with Crippen molar-refractivity contribution in [1.82, 2.24) is 14.4 Å². The fourth-order valence-electron chi connectivity index (χ4n) is 4.23. The highest BCUT2D eigenvalue weighted by Crippen LogP contribution is 2.34. The SMILES string of the molecule is O=C(CN1C(=O)S/C(=C\c2cn(CC(=O)N3CCOCC3)c3ccccc23)C1=O)c1ccc(Cl)cc1. The van der Waals surface area contributed by atoms with Gasteiger partial charge < -0.3 is 14.2 Å². The van der Waals surface area contributed by atoms with Crippen LogP contribution >= 0.6 is 23.4 Å². The quantitative estimate of drug-likeness (QED) is 0.357. The van der Waals surface area contributed by atoms with E-state index < -0.39 is 11.1 Å². The standard InChI is InChI=1S/C26H22ClN3O5S/c27-19-7-5-17(6-8-19)22(31)15-30-25(33)23(36-26(30)34)13-18-14-29(21-4-2-1-3-20(18)21)16-24(32)28-9-11-35-12-10-28/h1-8,13-14H,9-12,15-16H2/b23-13-. The van der Waals surface area contributed by atoms with Gasteiger partial charge in [-0.3, -0.25) is 24.1 Å². The van der Waals surface area contributed by atoms with E-state index >= 15 is 0 Å². The number of imide groups is 1. The summed E-state index contributed by atoms with van der Waals surface area (Å²) in [6.07, 6.45) is 3.46. The fraction of sp³-hybridized carbons (Fsp3) is 0.231. The van der Waals surface area contributed by atoms with Gasteiger partial charge in [-0.1, -0.05) is 29.8 Å².